The zero-order valence-corrected chi connectivity index (χ0v) is 17.2. The molecule has 1 heterocycles. The monoisotopic (exact) mass is 395 g/mol. The number of rotatable bonds is 6. The highest BCUT2D eigenvalue weighted by molar-refractivity contribution is 7.99. The van der Waals surface area contributed by atoms with Crippen molar-refractivity contribution in [2.75, 3.05) is 18.2 Å². The van der Waals surface area contributed by atoms with E-state index in [0.717, 1.165) is 42.2 Å². The molecule has 1 aromatic heterocycles. The molecule has 1 saturated carbocycles. The molecule has 0 saturated heterocycles. The molecule has 0 spiro atoms. The molecule has 1 N–H and O–H groups in total. The van der Waals surface area contributed by atoms with E-state index in [0.29, 0.717) is 17.0 Å². The van der Waals surface area contributed by atoms with Crippen LogP contribution in [0.4, 0.5) is 5.00 Å². The molecule has 0 radical (unpaired) electrons. The lowest BCUT2D eigenvalue weighted by Gasteiger charge is -2.20. The second-order valence-electron chi connectivity index (χ2n) is 7.19. The van der Waals surface area contributed by atoms with Gasteiger partial charge in [-0.1, -0.05) is 25.7 Å². The first-order valence-electron chi connectivity index (χ1n) is 9.83. The normalized spacial score (nSPS) is 18.0. The van der Waals surface area contributed by atoms with E-state index in [-0.39, 0.29) is 11.9 Å². The summed E-state index contributed by atoms with van der Waals surface area (Å²) in [5, 5.41) is 4.42. The van der Waals surface area contributed by atoms with Gasteiger partial charge >= 0.3 is 5.97 Å². The molecule has 0 bridgehead atoms. The fourth-order valence-corrected chi connectivity index (χ4v) is 6.48. The lowest BCUT2D eigenvalue weighted by molar-refractivity contribution is -0.115. The van der Waals surface area contributed by atoms with Crippen LogP contribution in [0.3, 0.4) is 0 Å². The van der Waals surface area contributed by atoms with E-state index in [1.165, 1.54) is 50.5 Å². The van der Waals surface area contributed by atoms with Crippen LogP contribution in [0, 0.1) is 0 Å². The maximum atomic E-state index is 12.4. The fraction of sp³-hybridized carbons (Fsp3) is 0.700. The molecule has 0 aliphatic heterocycles. The summed E-state index contributed by atoms with van der Waals surface area (Å²) in [6.07, 6.45) is 12.4. The first kappa shape index (κ1) is 19.7. The molecule has 0 atom stereocenters. The number of hydrogen-bond acceptors (Lipinski definition) is 5. The molecule has 1 fully saturated rings. The highest BCUT2D eigenvalue weighted by atomic mass is 32.2. The largest absolute Gasteiger partial charge is 0.465 e. The Bertz CT molecular complexity index is 635. The summed E-state index contributed by atoms with van der Waals surface area (Å²) in [5.41, 5.74) is 1.70. The average molecular weight is 396 g/mol. The Morgan fingerprint density at radius 1 is 1.12 bits per heavy atom. The molecule has 144 valence electrons. The fourth-order valence-electron chi connectivity index (χ4n) is 3.89. The predicted octanol–water partition coefficient (Wildman–Crippen LogP) is 5.20. The summed E-state index contributed by atoms with van der Waals surface area (Å²) >= 11 is 3.50. The summed E-state index contributed by atoms with van der Waals surface area (Å²) in [5.74, 6) is 0.543. The Morgan fingerprint density at radius 3 is 2.62 bits per heavy atom. The van der Waals surface area contributed by atoms with Gasteiger partial charge in [0.25, 0.3) is 0 Å². The molecule has 26 heavy (non-hydrogen) atoms. The third-order valence-corrected chi connectivity index (χ3v) is 7.89. The number of thiophene rings is 1. The van der Waals surface area contributed by atoms with Crippen molar-refractivity contribution >= 4 is 40.0 Å². The Hall–Kier alpha value is -1.01. The van der Waals surface area contributed by atoms with Gasteiger partial charge in [-0.3, -0.25) is 4.79 Å². The van der Waals surface area contributed by atoms with Gasteiger partial charge in [-0.15, -0.1) is 11.3 Å². The first-order chi connectivity index (χ1) is 12.7. The molecule has 0 aromatic carbocycles. The van der Waals surface area contributed by atoms with Gasteiger partial charge < -0.3 is 10.1 Å². The van der Waals surface area contributed by atoms with Crippen LogP contribution in [0.25, 0.3) is 0 Å². The van der Waals surface area contributed by atoms with Crippen LogP contribution < -0.4 is 5.32 Å². The van der Waals surface area contributed by atoms with Gasteiger partial charge in [-0.25, -0.2) is 4.79 Å². The van der Waals surface area contributed by atoms with Gasteiger partial charge in [-0.05, 0) is 44.1 Å². The van der Waals surface area contributed by atoms with E-state index in [1.54, 1.807) is 11.3 Å². The van der Waals surface area contributed by atoms with Crippen molar-refractivity contribution in [1.29, 1.82) is 0 Å². The second kappa shape index (κ2) is 9.79. The van der Waals surface area contributed by atoms with Crippen LogP contribution in [0.15, 0.2) is 0 Å². The van der Waals surface area contributed by atoms with Crippen molar-refractivity contribution in [2.45, 2.75) is 75.9 Å². The van der Waals surface area contributed by atoms with Gasteiger partial charge in [0.2, 0.25) is 5.91 Å². The highest BCUT2D eigenvalue weighted by Gasteiger charge is 2.26. The van der Waals surface area contributed by atoms with Crippen molar-refractivity contribution in [1.82, 2.24) is 0 Å². The summed E-state index contributed by atoms with van der Waals surface area (Å²) in [6.45, 7) is 0. The van der Waals surface area contributed by atoms with Crippen molar-refractivity contribution < 1.29 is 14.3 Å². The third-order valence-electron chi connectivity index (χ3n) is 5.30. The minimum Gasteiger partial charge on any atom is -0.465 e. The SMILES string of the molecule is COC(=O)c1c(NC(=O)CCSC2CCCCC2)sc2c1CCCCC2. The van der Waals surface area contributed by atoms with Crippen LogP contribution in [0.5, 0.6) is 0 Å². The van der Waals surface area contributed by atoms with Gasteiger partial charge in [0.1, 0.15) is 5.00 Å². The Labute approximate surface area is 164 Å². The Morgan fingerprint density at radius 2 is 1.85 bits per heavy atom. The van der Waals surface area contributed by atoms with Crippen molar-refractivity contribution in [3.63, 3.8) is 0 Å². The van der Waals surface area contributed by atoms with Gasteiger partial charge in [0.15, 0.2) is 0 Å². The van der Waals surface area contributed by atoms with E-state index in [2.05, 4.69) is 5.32 Å². The number of thioether (sulfide) groups is 1. The van der Waals surface area contributed by atoms with Crippen molar-refractivity contribution in [3.05, 3.63) is 16.0 Å². The summed E-state index contributed by atoms with van der Waals surface area (Å²) < 4.78 is 5.00. The number of carbonyl (C=O) groups excluding carboxylic acids is 2. The molecular formula is C20H29NO3S2. The van der Waals surface area contributed by atoms with E-state index in [9.17, 15) is 9.59 Å². The van der Waals surface area contributed by atoms with Crippen LogP contribution in [-0.2, 0) is 22.4 Å². The van der Waals surface area contributed by atoms with Crippen LogP contribution in [-0.4, -0.2) is 30.0 Å². The molecule has 4 nitrogen and oxygen atoms in total. The summed E-state index contributed by atoms with van der Waals surface area (Å²) in [6, 6.07) is 0. The molecule has 1 amide bonds. The topological polar surface area (TPSA) is 55.4 Å². The zero-order chi connectivity index (χ0) is 18.4. The quantitative estimate of drug-likeness (QED) is 0.531. The van der Waals surface area contributed by atoms with Gasteiger partial charge in [-0.2, -0.15) is 11.8 Å². The first-order valence-corrected chi connectivity index (χ1v) is 11.7. The number of ether oxygens (including phenoxy) is 1. The molecule has 2 aliphatic carbocycles. The van der Waals surface area contributed by atoms with Crippen LogP contribution >= 0.6 is 23.1 Å². The van der Waals surface area contributed by atoms with Crippen LogP contribution in [0.2, 0.25) is 0 Å². The molecule has 3 rings (SSSR count). The second-order valence-corrected chi connectivity index (χ2v) is 9.70. The number of nitrogens with one attached hydrogen (secondary N) is 1. The van der Waals surface area contributed by atoms with E-state index >= 15 is 0 Å². The maximum Gasteiger partial charge on any atom is 0.341 e. The number of carbonyl (C=O) groups is 2. The number of hydrogen-bond donors (Lipinski definition) is 1. The number of fused-ring (bicyclic) bond motifs is 1. The number of aryl methyl sites for hydroxylation is 1. The number of esters is 1. The van der Waals surface area contributed by atoms with E-state index in [1.807, 2.05) is 11.8 Å². The van der Waals surface area contributed by atoms with Crippen molar-refractivity contribution in [2.24, 2.45) is 0 Å². The number of methoxy groups -OCH3 is 1. The molecular weight excluding hydrogens is 366 g/mol. The van der Waals surface area contributed by atoms with Crippen LogP contribution in [0.1, 0.15) is 78.6 Å². The lowest BCUT2D eigenvalue weighted by Crippen LogP contribution is -2.16. The molecule has 0 unspecified atom stereocenters. The summed E-state index contributed by atoms with van der Waals surface area (Å²) in [4.78, 5) is 26.0. The molecule has 1 aromatic rings. The molecule has 6 heteroatoms. The average Bonchev–Trinajstić information content (AvgIpc) is 2.83. The Balaban J connectivity index is 1.60. The summed E-state index contributed by atoms with van der Waals surface area (Å²) in [7, 11) is 1.41. The number of anilines is 1. The maximum absolute atomic E-state index is 12.4. The molecule has 2 aliphatic rings. The minimum atomic E-state index is -0.323. The zero-order valence-electron chi connectivity index (χ0n) is 15.6. The van der Waals surface area contributed by atoms with Gasteiger partial charge in [0, 0.05) is 22.3 Å². The predicted molar refractivity (Wildman–Crippen MR) is 109 cm³/mol. The standard InChI is InChI=1S/C20H29NO3S2/c1-24-20(23)18-15-10-6-3-7-11-16(15)26-19(18)21-17(22)12-13-25-14-8-4-2-5-9-14/h14H,2-13H2,1H3,(H,21,22). The lowest BCUT2D eigenvalue weighted by atomic mass is 10.0. The minimum absolute atomic E-state index is 0.00914. The van der Waals surface area contributed by atoms with Crippen molar-refractivity contribution in [3.8, 4) is 0 Å². The Kier molecular flexibility index (Phi) is 7.43. The van der Waals surface area contributed by atoms with E-state index in [4.69, 9.17) is 4.74 Å². The van der Waals surface area contributed by atoms with E-state index < -0.39 is 0 Å². The highest BCUT2D eigenvalue weighted by Crippen LogP contribution is 2.38. The third kappa shape index (κ3) is 5.03. The van der Waals surface area contributed by atoms with Gasteiger partial charge in [0.05, 0.1) is 12.7 Å². The smallest absolute Gasteiger partial charge is 0.341 e. The number of amides is 1.